The first-order valence-electron chi connectivity index (χ1n) is 4.79. The Morgan fingerprint density at radius 2 is 1.78 bits per heavy atom. The van der Waals surface area contributed by atoms with E-state index in [-0.39, 0.29) is 6.54 Å². The van der Waals surface area contributed by atoms with Gasteiger partial charge < -0.3 is 4.90 Å². The van der Waals surface area contributed by atoms with E-state index in [0.29, 0.717) is 5.69 Å². The summed E-state index contributed by atoms with van der Waals surface area (Å²) >= 11 is 1.31. The van der Waals surface area contributed by atoms with Crippen LogP contribution in [0, 0.1) is 23.5 Å². The second kappa shape index (κ2) is 4.89. The highest BCUT2D eigenvalue weighted by atomic mass is 32.1. The van der Waals surface area contributed by atoms with Gasteiger partial charge in [0.1, 0.15) is 5.69 Å². The maximum Gasteiger partial charge on any atom is 0.253 e. The first kappa shape index (κ1) is 12.7. The molecule has 0 amide bonds. The molecule has 96 valence electrons. The third-order valence-electron chi connectivity index (χ3n) is 2.24. The lowest BCUT2D eigenvalue weighted by molar-refractivity contribution is 0.407. The lowest BCUT2D eigenvalue weighted by Crippen LogP contribution is -2.21. The number of halogens is 4. The molecule has 0 unspecified atom stereocenters. The fourth-order valence-corrected chi connectivity index (χ4v) is 2.00. The highest BCUT2D eigenvalue weighted by Gasteiger charge is 2.23. The van der Waals surface area contributed by atoms with Gasteiger partial charge in [-0.05, 0) is 0 Å². The van der Waals surface area contributed by atoms with Gasteiger partial charge in [-0.2, -0.15) is 22.5 Å². The van der Waals surface area contributed by atoms with E-state index in [2.05, 4.69) is 9.97 Å². The van der Waals surface area contributed by atoms with Gasteiger partial charge in [0.05, 0.1) is 17.7 Å². The minimum Gasteiger partial charge on any atom is -0.364 e. The number of rotatable bonds is 3. The van der Waals surface area contributed by atoms with Gasteiger partial charge >= 0.3 is 0 Å². The Balaban J connectivity index is 2.38. The van der Waals surface area contributed by atoms with Gasteiger partial charge in [-0.15, -0.1) is 11.3 Å². The molecule has 3 nitrogen and oxygen atoms in total. The number of anilines is 1. The van der Waals surface area contributed by atoms with Crippen molar-refractivity contribution < 1.29 is 17.6 Å². The molecule has 18 heavy (non-hydrogen) atoms. The molecule has 0 saturated heterocycles. The monoisotopic (exact) mass is 277 g/mol. The molecule has 8 heteroatoms. The van der Waals surface area contributed by atoms with Crippen molar-refractivity contribution in [2.75, 3.05) is 11.9 Å². The molecular weight excluding hydrogens is 270 g/mol. The number of pyridine rings is 1. The van der Waals surface area contributed by atoms with Crippen LogP contribution in [-0.2, 0) is 6.54 Å². The van der Waals surface area contributed by atoms with Crippen molar-refractivity contribution in [1.29, 1.82) is 0 Å². The van der Waals surface area contributed by atoms with Gasteiger partial charge in [0.25, 0.3) is 11.9 Å². The minimum atomic E-state index is -1.67. The van der Waals surface area contributed by atoms with Crippen LogP contribution < -0.4 is 4.90 Å². The Labute approximate surface area is 104 Å². The first-order valence-corrected chi connectivity index (χ1v) is 5.73. The molecule has 0 aliphatic rings. The fraction of sp³-hybridized carbons (Fsp3) is 0.200. The average molecular weight is 277 g/mol. The van der Waals surface area contributed by atoms with Gasteiger partial charge in [0, 0.05) is 12.4 Å². The Bertz CT molecular complexity index is 532. The Hall–Kier alpha value is -1.70. The fourth-order valence-electron chi connectivity index (χ4n) is 1.45. The van der Waals surface area contributed by atoms with Crippen molar-refractivity contribution in [3.05, 3.63) is 40.1 Å². The van der Waals surface area contributed by atoms with E-state index in [0.717, 1.165) is 4.90 Å². The van der Waals surface area contributed by atoms with Gasteiger partial charge in [0.2, 0.25) is 11.6 Å². The zero-order valence-corrected chi connectivity index (χ0v) is 9.94. The molecule has 0 fully saturated rings. The van der Waals surface area contributed by atoms with Crippen LogP contribution in [0.1, 0.15) is 5.69 Å². The number of aromatic nitrogens is 2. The molecule has 2 aromatic rings. The molecular formula is C10H7F4N3S. The van der Waals surface area contributed by atoms with E-state index >= 15 is 0 Å². The van der Waals surface area contributed by atoms with Gasteiger partial charge in [-0.25, -0.2) is 4.98 Å². The second-order valence-corrected chi connectivity index (χ2v) is 4.22. The number of hydrogen-bond acceptors (Lipinski definition) is 4. The van der Waals surface area contributed by atoms with Crippen LogP contribution >= 0.6 is 11.3 Å². The number of nitrogens with zero attached hydrogens (tertiary/aromatic N) is 3. The van der Waals surface area contributed by atoms with Gasteiger partial charge in [0.15, 0.2) is 0 Å². The summed E-state index contributed by atoms with van der Waals surface area (Å²) < 4.78 is 52.7. The van der Waals surface area contributed by atoms with Crippen LogP contribution in [-0.4, -0.2) is 17.0 Å². The molecule has 0 aliphatic carbocycles. The van der Waals surface area contributed by atoms with E-state index in [1.807, 2.05) is 0 Å². The zero-order valence-electron chi connectivity index (χ0n) is 9.12. The Morgan fingerprint density at radius 1 is 1.17 bits per heavy atom. The minimum absolute atomic E-state index is 0.0280. The SMILES string of the molecule is CN(Cc1cscn1)c1c(F)c(F)nc(F)c1F. The maximum atomic E-state index is 13.4. The number of hydrogen-bond donors (Lipinski definition) is 0. The highest BCUT2D eigenvalue weighted by molar-refractivity contribution is 7.07. The third kappa shape index (κ3) is 2.28. The molecule has 0 N–H and O–H groups in total. The summed E-state index contributed by atoms with van der Waals surface area (Å²) in [6.07, 6.45) is 0. The van der Waals surface area contributed by atoms with Crippen LogP contribution in [0.5, 0.6) is 0 Å². The quantitative estimate of drug-likeness (QED) is 0.638. The van der Waals surface area contributed by atoms with Gasteiger partial charge in [-0.1, -0.05) is 0 Å². The molecule has 2 aromatic heterocycles. The summed E-state index contributed by atoms with van der Waals surface area (Å²) in [5.41, 5.74) is 1.29. The third-order valence-corrected chi connectivity index (χ3v) is 2.87. The Kier molecular flexibility index (Phi) is 3.46. The molecule has 0 atom stereocenters. The van der Waals surface area contributed by atoms with E-state index in [9.17, 15) is 17.6 Å². The van der Waals surface area contributed by atoms with Crippen molar-refractivity contribution >= 4 is 17.0 Å². The van der Waals surface area contributed by atoms with E-state index in [4.69, 9.17) is 0 Å². The average Bonchev–Trinajstić information content (AvgIpc) is 2.79. The predicted molar refractivity (Wildman–Crippen MR) is 58.3 cm³/mol. The molecule has 0 spiro atoms. The largest absolute Gasteiger partial charge is 0.364 e. The molecule has 0 aromatic carbocycles. The Morgan fingerprint density at radius 3 is 2.28 bits per heavy atom. The van der Waals surface area contributed by atoms with Gasteiger partial charge in [-0.3, -0.25) is 0 Å². The topological polar surface area (TPSA) is 29.0 Å². The molecule has 2 rings (SSSR count). The molecule has 0 radical (unpaired) electrons. The van der Waals surface area contributed by atoms with Crippen LogP contribution in [0.2, 0.25) is 0 Å². The van der Waals surface area contributed by atoms with Crippen LogP contribution in [0.15, 0.2) is 10.9 Å². The summed E-state index contributed by atoms with van der Waals surface area (Å²) in [6.45, 7) is 0.0280. The van der Waals surface area contributed by atoms with E-state index < -0.39 is 29.2 Å². The molecule has 2 heterocycles. The zero-order chi connectivity index (χ0) is 13.3. The first-order chi connectivity index (χ1) is 8.50. The highest BCUT2D eigenvalue weighted by Crippen LogP contribution is 2.26. The predicted octanol–water partition coefficient (Wildman–Crippen LogP) is 2.73. The van der Waals surface area contributed by atoms with Crippen molar-refractivity contribution in [3.8, 4) is 0 Å². The summed E-state index contributed by atoms with van der Waals surface area (Å²) in [7, 11) is 1.31. The van der Waals surface area contributed by atoms with Crippen molar-refractivity contribution in [2.24, 2.45) is 0 Å². The van der Waals surface area contributed by atoms with Crippen molar-refractivity contribution in [2.45, 2.75) is 6.54 Å². The molecule has 0 saturated carbocycles. The van der Waals surface area contributed by atoms with Crippen LogP contribution in [0.4, 0.5) is 23.2 Å². The van der Waals surface area contributed by atoms with Crippen LogP contribution in [0.25, 0.3) is 0 Å². The second-order valence-electron chi connectivity index (χ2n) is 3.51. The number of thiazole rings is 1. The summed E-state index contributed by atoms with van der Waals surface area (Å²) in [6, 6.07) is 0. The standard InChI is InChI=1S/C10H7F4N3S/c1-17(2-5-3-18-4-15-5)8-6(11)9(13)16-10(14)7(8)12/h3-4H,2H2,1H3. The lowest BCUT2D eigenvalue weighted by Gasteiger charge is -2.19. The summed E-state index contributed by atoms with van der Waals surface area (Å²) in [5, 5.41) is 1.67. The van der Waals surface area contributed by atoms with Crippen molar-refractivity contribution in [3.63, 3.8) is 0 Å². The molecule has 0 bridgehead atoms. The van der Waals surface area contributed by atoms with E-state index in [1.54, 1.807) is 10.9 Å². The smallest absolute Gasteiger partial charge is 0.253 e. The summed E-state index contributed by atoms with van der Waals surface area (Å²) in [4.78, 5) is 7.44. The van der Waals surface area contributed by atoms with Crippen molar-refractivity contribution in [1.82, 2.24) is 9.97 Å². The summed E-state index contributed by atoms with van der Waals surface area (Å²) in [5.74, 6) is -6.39. The normalized spacial score (nSPS) is 10.7. The van der Waals surface area contributed by atoms with Crippen LogP contribution in [0.3, 0.4) is 0 Å². The molecule has 0 aliphatic heterocycles. The lowest BCUT2D eigenvalue weighted by atomic mass is 10.3. The van der Waals surface area contributed by atoms with E-state index in [1.165, 1.54) is 18.4 Å². The maximum absolute atomic E-state index is 13.4.